The fourth-order valence-corrected chi connectivity index (χ4v) is 1.31. The fraction of sp³-hybridized carbons (Fsp3) is 0.0909. The molecule has 0 spiro atoms. The number of nitrogens with zero attached hydrogens (tertiary/aromatic N) is 1. The normalized spacial score (nSPS) is 10.2. The van der Waals surface area contributed by atoms with Crippen LogP contribution in [0.4, 0.5) is 14.6 Å². The van der Waals surface area contributed by atoms with Gasteiger partial charge >= 0.3 is 0 Å². The lowest BCUT2D eigenvalue weighted by Gasteiger charge is -2.04. The van der Waals surface area contributed by atoms with Gasteiger partial charge in [0.2, 0.25) is 0 Å². The van der Waals surface area contributed by atoms with Gasteiger partial charge in [-0.05, 0) is 17.7 Å². The molecule has 0 aliphatic rings. The molecule has 0 radical (unpaired) electrons. The topological polar surface area (TPSA) is 57.8 Å². The molecule has 6 heteroatoms. The predicted octanol–water partition coefficient (Wildman–Crippen LogP) is 1.66. The van der Waals surface area contributed by atoms with Crippen molar-refractivity contribution in [2.45, 2.75) is 6.54 Å². The molecule has 0 aliphatic carbocycles. The van der Waals surface area contributed by atoms with Crippen LogP contribution in [0.5, 0.6) is 0 Å². The third kappa shape index (κ3) is 2.66. The number of aromatic amines is 1. The van der Waals surface area contributed by atoms with Gasteiger partial charge in [0.15, 0.2) is 17.5 Å². The molecule has 2 aromatic rings. The Bertz CT molecular complexity index is 583. The molecule has 0 aliphatic heterocycles. The van der Waals surface area contributed by atoms with Gasteiger partial charge in [-0.1, -0.05) is 6.07 Å². The van der Waals surface area contributed by atoms with E-state index in [0.717, 1.165) is 12.1 Å². The van der Waals surface area contributed by atoms with E-state index in [4.69, 9.17) is 0 Å². The molecule has 88 valence electrons. The van der Waals surface area contributed by atoms with Crippen molar-refractivity contribution in [3.63, 3.8) is 0 Å². The van der Waals surface area contributed by atoms with Gasteiger partial charge in [-0.2, -0.15) is 0 Å². The molecule has 1 aromatic carbocycles. The van der Waals surface area contributed by atoms with Gasteiger partial charge in [0.05, 0.1) is 0 Å². The lowest BCUT2D eigenvalue weighted by Crippen LogP contribution is -2.15. The molecule has 17 heavy (non-hydrogen) atoms. The molecule has 0 fully saturated rings. The van der Waals surface area contributed by atoms with Crippen LogP contribution in [0.25, 0.3) is 0 Å². The van der Waals surface area contributed by atoms with Crippen LogP contribution in [0, 0.1) is 11.6 Å². The fourth-order valence-electron chi connectivity index (χ4n) is 1.31. The third-order valence-corrected chi connectivity index (χ3v) is 2.15. The summed E-state index contributed by atoms with van der Waals surface area (Å²) in [5, 5.41) is 2.73. The van der Waals surface area contributed by atoms with Crippen LogP contribution in [0.15, 0.2) is 35.4 Å². The number of rotatable bonds is 3. The van der Waals surface area contributed by atoms with Crippen LogP contribution in [0.2, 0.25) is 0 Å². The van der Waals surface area contributed by atoms with E-state index in [0.29, 0.717) is 5.56 Å². The molecule has 0 bridgehead atoms. The quantitative estimate of drug-likeness (QED) is 0.853. The first-order valence-corrected chi connectivity index (χ1v) is 4.88. The lowest BCUT2D eigenvalue weighted by molar-refractivity contribution is 0.507. The molecule has 0 amide bonds. The Labute approximate surface area is 95.3 Å². The summed E-state index contributed by atoms with van der Waals surface area (Å²) >= 11 is 0. The summed E-state index contributed by atoms with van der Waals surface area (Å²) in [6.07, 6.45) is 2.83. The molecule has 4 nitrogen and oxygen atoms in total. The number of hydrogen-bond acceptors (Lipinski definition) is 3. The maximum atomic E-state index is 12.9. The minimum Gasteiger partial charge on any atom is -0.361 e. The van der Waals surface area contributed by atoms with E-state index in [1.165, 1.54) is 18.5 Å². The predicted molar refractivity (Wildman–Crippen MR) is 58.5 cm³/mol. The van der Waals surface area contributed by atoms with Crippen molar-refractivity contribution in [3.8, 4) is 0 Å². The smallest absolute Gasteiger partial charge is 0.290 e. The van der Waals surface area contributed by atoms with Crippen LogP contribution < -0.4 is 10.9 Å². The first-order valence-electron chi connectivity index (χ1n) is 4.88. The second-order valence-corrected chi connectivity index (χ2v) is 3.37. The maximum Gasteiger partial charge on any atom is 0.290 e. The molecule has 2 rings (SSSR count). The van der Waals surface area contributed by atoms with Gasteiger partial charge in [0.25, 0.3) is 5.56 Å². The van der Waals surface area contributed by atoms with E-state index in [1.807, 2.05) is 0 Å². The van der Waals surface area contributed by atoms with Crippen LogP contribution in [-0.4, -0.2) is 9.97 Å². The van der Waals surface area contributed by atoms with Crippen molar-refractivity contribution in [2.24, 2.45) is 0 Å². The van der Waals surface area contributed by atoms with Crippen molar-refractivity contribution in [3.05, 3.63) is 58.1 Å². The van der Waals surface area contributed by atoms with E-state index in [2.05, 4.69) is 15.3 Å². The van der Waals surface area contributed by atoms with Gasteiger partial charge in [0.1, 0.15) is 0 Å². The number of benzene rings is 1. The number of H-pyrrole nitrogens is 1. The van der Waals surface area contributed by atoms with Crippen molar-refractivity contribution < 1.29 is 8.78 Å². The average molecular weight is 237 g/mol. The number of hydrogen-bond donors (Lipinski definition) is 2. The zero-order valence-corrected chi connectivity index (χ0v) is 8.71. The molecule has 2 N–H and O–H groups in total. The van der Waals surface area contributed by atoms with Crippen molar-refractivity contribution in [2.75, 3.05) is 5.32 Å². The summed E-state index contributed by atoms with van der Waals surface area (Å²) in [6.45, 7) is 0.192. The summed E-state index contributed by atoms with van der Waals surface area (Å²) in [4.78, 5) is 17.5. The van der Waals surface area contributed by atoms with Gasteiger partial charge < -0.3 is 10.3 Å². The summed E-state index contributed by atoms with van der Waals surface area (Å²) in [7, 11) is 0. The molecule has 0 saturated carbocycles. The molecule has 0 unspecified atom stereocenters. The first kappa shape index (κ1) is 11.3. The Hall–Kier alpha value is -2.24. The third-order valence-electron chi connectivity index (χ3n) is 2.15. The maximum absolute atomic E-state index is 12.9. The first-order chi connectivity index (χ1) is 8.16. The Morgan fingerprint density at radius 3 is 2.82 bits per heavy atom. The molecular weight excluding hydrogens is 228 g/mol. The Morgan fingerprint density at radius 1 is 1.29 bits per heavy atom. The highest BCUT2D eigenvalue weighted by atomic mass is 19.2. The minimum absolute atomic E-state index is 0.136. The largest absolute Gasteiger partial charge is 0.361 e. The van der Waals surface area contributed by atoms with E-state index in [1.54, 1.807) is 0 Å². The van der Waals surface area contributed by atoms with Crippen molar-refractivity contribution in [1.29, 1.82) is 0 Å². The molecule has 0 atom stereocenters. The van der Waals surface area contributed by atoms with E-state index in [-0.39, 0.29) is 17.9 Å². The van der Waals surface area contributed by atoms with Crippen molar-refractivity contribution in [1.82, 2.24) is 9.97 Å². The highest BCUT2D eigenvalue weighted by Crippen LogP contribution is 2.09. The summed E-state index contributed by atoms with van der Waals surface area (Å²) < 4.78 is 25.6. The van der Waals surface area contributed by atoms with Crippen LogP contribution in [0.3, 0.4) is 0 Å². The Kier molecular flexibility index (Phi) is 3.13. The van der Waals surface area contributed by atoms with Crippen LogP contribution >= 0.6 is 0 Å². The number of anilines is 1. The highest BCUT2D eigenvalue weighted by molar-refractivity contribution is 5.32. The van der Waals surface area contributed by atoms with Crippen LogP contribution in [-0.2, 0) is 6.54 Å². The standard InChI is InChI=1S/C11H9F2N3O/c12-8-2-1-7(5-9(8)13)6-16-10-11(17)15-4-3-14-10/h1-5H,6H2,(H,14,16)(H,15,17). The minimum atomic E-state index is -0.917. The van der Waals surface area contributed by atoms with Gasteiger partial charge in [-0.25, -0.2) is 13.8 Å². The van der Waals surface area contributed by atoms with Gasteiger partial charge in [-0.15, -0.1) is 0 Å². The molecule has 1 aromatic heterocycles. The molecular formula is C11H9F2N3O. The lowest BCUT2D eigenvalue weighted by atomic mass is 10.2. The Balaban J connectivity index is 2.10. The summed E-state index contributed by atoms with van der Waals surface area (Å²) in [5.74, 6) is -1.68. The summed E-state index contributed by atoms with van der Waals surface area (Å²) in [5.41, 5.74) is 0.157. The van der Waals surface area contributed by atoms with Gasteiger partial charge in [-0.3, -0.25) is 4.79 Å². The second-order valence-electron chi connectivity index (χ2n) is 3.37. The van der Waals surface area contributed by atoms with E-state index < -0.39 is 11.6 Å². The zero-order valence-electron chi connectivity index (χ0n) is 8.71. The molecule has 1 heterocycles. The Morgan fingerprint density at radius 2 is 2.12 bits per heavy atom. The van der Waals surface area contributed by atoms with Crippen molar-refractivity contribution >= 4 is 5.82 Å². The number of aromatic nitrogens is 2. The average Bonchev–Trinajstić information content (AvgIpc) is 2.32. The van der Waals surface area contributed by atoms with E-state index >= 15 is 0 Å². The SMILES string of the molecule is O=c1[nH]ccnc1NCc1ccc(F)c(F)c1. The molecule has 0 saturated heterocycles. The van der Waals surface area contributed by atoms with Crippen LogP contribution in [0.1, 0.15) is 5.56 Å². The number of halogens is 2. The van der Waals surface area contributed by atoms with Gasteiger partial charge in [0, 0.05) is 18.9 Å². The summed E-state index contributed by atoms with van der Waals surface area (Å²) in [6, 6.07) is 3.54. The van der Waals surface area contributed by atoms with E-state index in [9.17, 15) is 13.6 Å². The zero-order chi connectivity index (χ0) is 12.3. The number of nitrogens with one attached hydrogen (secondary N) is 2. The monoisotopic (exact) mass is 237 g/mol. The highest BCUT2D eigenvalue weighted by Gasteiger charge is 2.03. The second kappa shape index (κ2) is 4.73.